The molecule has 0 bridgehead atoms. The quantitative estimate of drug-likeness (QED) is 0.776. The lowest BCUT2D eigenvalue weighted by molar-refractivity contribution is -0.117. The first-order chi connectivity index (χ1) is 6.50. The molecule has 0 aliphatic carbocycles. The van der Waals surface area contributed by atoms with Crippen molar-refractivity contribution in [2.75, 3.05) is 0 Å². The molecule has 1 rings (SSSR count). The number of aryl methyl sites for hydroxylation is 2. The van der Waals surface area contributed by atoms with Gasteiger partial charge in [0.15, 0.2) is 0 Å². The molecule has 0 heterocycles. The Morgan fingerprint density at radius 3 is 2.57 bits per heavy atom. The molecule has 2 N–H and O–H groups in total. The zero-order chi connectivity index (χ0) is 10.7. The van der Waals surface area contributed by atoms with E-state index in [1.807, 2.05) is 26.0 Å². The van der Waals surface area contributed by atoms with Crippen LogP contribution in [0, 0.1) is 13.8 Å². The summed E-state index contributed by atoms with van der Waals surface area (Å²) in [5.41, 5.74) is 7.64. The van der Waals surface area contributed by atoms with Gasteiger partial charge in [-0.3, -0.25) is 4.79 Å². The minimum atomic E-state index is -0.269. The van der Waals surface area contributed by atoms with Crippen molar-refractivity contribution in [1.29, 1.82) is 0 Å². The summed E-state index contributed by atoms with van der Waals surface area (Å²) in [6.45, 7) is 5.92. The van der Waals surface area contributed by atoms with E-state index >= 15 is 0 Å². The molecule has 0 saturated carbocycles. The zero-order valence-corrected chi connectivity index (χ0v) is 9.52. The van der Waals surface area contributed by atoms with Crippen molar-refractivity contribution in [3.8, 4) is 0 Å². The van der Waals surface area contributed by atoms with Crippen molar-refractivity contribution < 1.29 is 4.79 Å². The highest BCUT2D eigenvalue weighted by molar-refractivity contribution is 8.00. The van der Waals surface area contributed by atoms with Crippen LogP contribution in [-0.4, -0.2) is 11.2 Å². The number of hydrogen-bond acceptors (Lipinski definition) is 2. The molecule has 0 spiro atoms. The molecule has 1 amide bonds. The summed E-state index contributed by atoms with van der Waals surface area (Å²) in [5, 5.41) is -0.170. The lowest BCUT2D eigenvalue weighted by atomic mass is 10.2. The Hall–Kier alpha value is -0.960. The molecular weight excluding hydrogens is 194 g/mol. The van der Waals surface area contributed by atoms with E-state index in [0.717, 1.165) is 4.90 Å². The minimum Gasteiger partial charge on any atom is -0.369 e. The van der Waals surface area contributed by atoms with E-state index in [0.29, 0.717) is 0 Å². The number of thioether (sulfide) groups is 1. The molecule has 0 fully saturated rings. The van der Waals surface area contributed by atoms with Crippen molar-refractivity contribution in [3.63, 3.8) is 0 Å². The van der Waals surface area contributed by atoms with Crippen LogP contribution in [0.25, 0.3) is 0 Å². The number of rotatable bonds is 3. The third-order valence-corrected chi connectivity index (χ3v) is 3.33. The highest BCUT2D eigenvalue weighted by atomic mass is 32.2. The molecule has 2 nitrogen and oxygen atoms in total. The van der Waals surface area contributed by atoms with E-state index in [2.05, 4.69) is 13.0 Å². The molecule has 3 heteroatoms. The van der Waals surface area contributed by atoms with Gasteiger partial charge >= 0.3 is 0 Å². The average Bonchev–Trinajstić information content (AvgIpc) is 2.09. The molecule has 1 aromatic rings. The van der Waals surface area contributed by atoms with Crippen molar-refractivity contribution in [1.82, 2.24) is 0 Å². The van der Waals surface area contributed by atoms with E-state index in [4.69, 9.17) is 5.73 Å². The topological polar surface area (TPSA) is 43.1 Å². The van der Waals surface area contributed by atoms with Crippen molar-refractivity contribution in [2.24, 2.45) is 5.73 Å². The van der Waals surface area contributed by atoms with Gasteiger partial charge in [0.2, 0.25) is 5.91 Å². The Kier molecular flexibility index (Phi) is 3.58. The molecule has 0 aromatic heterocycles. The summed E-state index contributed by atoms with van der Waals surface area (Å²) in [5.74, 6) is -0.269. The smallest absolute Gasteiger partial charge is 0.230 e. The number of benzene rings is 1. The molecule has 0 aliphatic heterocycles. The standard InChI is InChI=1S/C11H15NOS/c1-7-4-5-10(8(2)6-7)14-9(3)11(12)13/h4-6,9H,1-3H3,(H2,12,13)/t9-/m0/s1. The molecule has 0 saturated heterocycles. The number of primary amides is 1. The average molecular weight is 209 g/mol. The predicted molar refractivity (Wildman–Crippen MR) is 60.4 cm³/mol. The van der Waals surface area contributed by atoms with Crippen molar-refractivity contribution in [3.05, 3.63) is 29.3 Å². The van der Waals surface area contributed by atoms with E-state index in [9.17, 15) is 4.79 Å². The number of amides is 1. The summed E-state index contributed by atoms with van der Waals surface area (Å²) in [6.07, 6.45) is 0. The summed E-state index contributed by atoms with van der Waals surface area (Å²) >= 11 is 1.51. The maximum Gasteiger partial charge on any atom is 0.230 e. The van der Waals surface area contributed by atoms with Crippen LogP contribution < -0.4 is 5.73 Å². The van der Waals surface area contributed by atoms with Gasteiger partial charge in [0.1, 0.15) is 0 Å². The SMILES string of the molecule is Cc1ccc(S[C@@H](C)C(N)=O)c(C)c1. The van der Waals surface area contributed by atoms with Crippen LogP contribution in [0.1, 0.15) is 18.1 Å². The molecule has 0 radical (unpaired) electrons. The molecule has 1 aromatic carbocycles. The zero-order valence-electron chi connectivity index (χ0n) is 8.70. The van der Waals surface area contributed by atoms with Gasteiger partial charge in [0, 0.05) is 4.90 Å². The third kappa shape index (κ3) is 2.77. The van der Waals surface area contributed by atoms with E-state index in [-0.39, 0.29) is 11.2 Å². The predicted octanol–water partition coefficient (Wildman–Crippen LogP) is 2.27. The molecule has 0 aliphatic rings. The van der Waals surface area contributed by atoms with Gasteiger partial charge in [-0.25, -0.2) is 0 Å². The summed E-state index contributed by atoms with van der Waals surface area (Å²) in [4.78, 5) is 12.0. The lowest BCUT2D eigenvalue weighted by Crippen LogP contribution is -2.22. The normalized spacial score (nSPS) is 12.5. The molecule has 14 heavy (non-hydrogen) atoms. The van der Waals surface area contributed by atoms with E-state index in [1.165, 1.54) is 22.9 Å². The molecular formula is C11H15NOS. The Morgan fingerprint density at radius 1 is 1.43 bits per heavy atom. The first-order valence-corrected chi connectivity index (χ1v) is 5.42. The van der Waals surface area contributed by atoms with Gasteiger partial charge in [0.05, 0.1) is 5.25 Å². The maximum atomic E-state index is 10.9. The molecule has 0 unspecified atom stereocenters. The Bertz CT molecular complexity index is 349. The second-order valence-corrected chi connectivity index (χ2v) is 4.81. The largest absolute Gasteiger partial charge is 0.369 e. The number of carbonyl (C=O) groups is 1. The maximum absolute atomic E-state index is 10.9. The monoisotopic (exact) mass is 209 g/mol. The van der Waals surface area contributed by atoms with Gasteiger partial charge in [-0.1, -0.05) is 17.7 Å². The van der Waals surface area contributed by atoms with Gasteiger partial charge < -0.3 is 5.73 Å². The van der Waals surface area contributed by atoms with Crippen LogP contribution in [0.5, 0.6) is 0 Å². The molecule has 1 atom stereocenters. The highest BCUT2D eigenvalue weighted by Crippen LogP contribution is 2.26. The van der Waals surface area contributed by atoms with Crippen LogP contribution in [-0.2, 0) is 4.79 Å². The van der Waals surface area contributed by atoms with Gasteiger partial charge in [0.25, 0.3) is 0 Å². The summed E-state index contributed by atoms with van der Waals surface area (Å²) in [7, 11) is 0. The van der Waals surface area contributed by atoms with Crippen LogP contribution in [0.4, 0.5) is 0 Å². The molecule has 76 valence electrons. The second kappa shape index (κ2) is 4.51. The first-order valence-electron chi connectivity index (χ1n) is 4.54. The third-order valence-electron chi connectivity index (χ3n) is 2.03. The number of hydrogen-bond donors (Lipinski definition) is 1. The van der Waals surface area contributed by atoms with Gasteiger partial charge in [-0.2, -0.15) is 0 Å². The van der Waals surface area contributed by atoms with Crippen molar-refractivity contribution >= 4 is 17.7 Å². The minimum absolute atomic E-state index is 0.170. The fourth-order valence-corrected chi connectivity index (χ4v) is 2.07. The van der Waals surface area contributed by atoms with Crippen LogP contribution in [0.15, 0.2) is 23.1 Å². The Labute approximate surface area is 88.9 Å². The van der Waals surface area contributed by atoms with Gasteiger partial charge in [-0.15, -0.1) is 11.8 Å². The highest BCUT2D eigenvalue weighted by Gasteiger charge is 2.11. The first kappa shape index (κ1) is 11.1. The van der Waals surface area contributed by atoms with Crippen LogP contribution in [0.3, 0.4) is 0 Å². The summed E-state index contributed by atoms with van der Waals surface area (Å²) < 4.78 is 0. The second-order valence-electron chi connectivity index (χ2n) is 3.43. The number of carbonyl (C=O) groups excluding carboxylic acids is 1. The van der Waals surface area contributed by atoms with E-state index in [1.54, 1.807) is 0 Å². The lowest BCUT2D eigenvalue weighted by Gasteiger charge is -2.09. The van der Waals surface area contributed by atoms with Gasteiger partial charge in [-0.05, 0) is 32.4 Å². The van der Waals surface area contributed by atoms with Crippen LogP contribution in [0.2, 0.25) is 0 Å². The van der Waals surface area contributed by atoms with Crippen molar-refractivity contribution in [2.45, 2.75) is 30.9 Å². The number of nitrogens with two attached hydrogens (primary N) is 1. The Balaban J connectivity index is 2.82. The van der Waals surface area contributed by atoms with Crippen LogP contribution >= 0.6 is 11.8 Å². The fourth-order valence-electron chi connectivity index (χ4n) is 1.18. The summed E-state index contributed by atoms with van der Waals surface area (Å²) in [6, 6.07) is 6.19. The Morgan fingerprint density at radius 2 is 2.07 bits per heavy atom. The van der Waals surface area contributed by atoms with E-state index < -0.39 is 0 Å². The fraction of sp³-hybridized carbons (Fsp3) is 0.364.